The number of hydrogen-bond donors (Lipinski definition) is 3. The van der Waals surface area contributed by atoms with E-state index in [4.69, 9.17) is 14.4 Å². The van der Waals surface area contributed by atoms with Crippen LogP contribution in [-0.4, -0.2) is 55.5 Å². The Kier molecular flexibility index (Phi) is 9.74. The highest BCUT2D eigenvalue weighted by Gasteiger charge is 2.38. The molecule has 0 aliphatic heterocycles. The minimum absolute atomic E-state index is 0.00657. The Bertz CT molecular complexity index is 1450. The lowest BCUT2D eigenvalue weighted by Crippen LogP contribution is -2.23. The van der Waals surface area contributed by atoms with Crippen LogP contribution in [0.25, 0.3) is 0 Å². The van der Waals surface area contributed by atoms with Gasteiger partial charge in [0.2, 0.25) is 0 Å². The third kappa shape index (κ3) is 8.21. The van der Waals surface area contributed by atoms with Gasteiger partial charge in [0.1, 0.15) is 5.76 Å². The minimum Gasteiger partial charge on any atom is -0.478 e. The quantitative estimate of drug-likeness (QED) is 0.349. The average Bonchev–Trinajstić information content (AvgIpc) is 3.13. The van der Waals surface area contributed by atoms with Crippen LogP contribution in [0.4, 0.5) is 24.5 Å². The third-order valence-corrected chi connectivity index (χ3v) is 7.17. The van der Waals surface area contributed by atoms with Crippen molar-refractivity contribution in [3.05, 3.63) is 70.1 Å². The molecule has 3 N–H and O–H groups in total. The number of nitrogens with zero attached hydrogens (tertiary/aromatic N) is 2. The molecule has 1 aromatic heterocycles. The topological polar surface area (TPSA) is 150 Å². The number of carbonyl (C=O) groups is 2. The van der Waals surface area contributed by atoms with Gasteiger partial charge in [-0.05, 0) is 63.9 Å². The van der Waals surface area contributed by atoms with Gasteiger partial charge in [-0.3, -0.25) is 4.72 Å². The SMILES string of the molecule is Cc1ccc(S(=O)(=O)Nc2ccc(N(C)CCc3c(C)noc3C)c(C(=O)O)c2)c(C)c1.O=C(O)C(F)(F)F. The third-order valence-electron chi connectivity index (χ3n) is 5.63. The molecule has 2 aromatic carbocycles. The van der Waals surface area contributed by atoms with Crippen molar-refractivity contribution in [3.63, 3.8) is 0 Å². The predicted octanol–water partition coefficient (Wildman–Crippen LogP) is 4.72. The van der Waals surface area contributed by atoms with E-state index < -0.39 is 28.1 Å². The second kappa shape index (κ2) is 12.2. The van der Waals surface area contributed by atoms with E-state index in [0.29, 0.717) is 24.2 Å². The van der Waals surface area contributed by atoms with Crippen molar-refractivity contribution < 1.29 is 45.9 Å². The second-order valence-electron chi connectivity index (χ2n) is 8.69. The number of alkyl halides is 3. The Morgan fingerprint density at radius 1 is 1.05 bits per heavy atom. The van der Waals surface area contributed by atoms with Gasteiger partial charge < -0.3 is 19.6 Å². The Morgan fingerprint density at radius 3 is 2.15 bits per heavy atom. The summed E-state index contributed by atoms with van der Waals surface area (Å²) in [6.07, 6.45) is -4.45. The Hall–Kier alpha value is -4.07. The van der Waals surface area contributed by atoms with Crippen molar-refractivity contribution in [2.24, 2.45) is 0 Å². The normalized spacial score (nSPS) is 11.4. The van der Waals surface area contributed by atoms with Gasteiger partial charge in [0.15, 0.2) is 0 Å². The maximum absolute atomic E-state index is 12.8. The van der Waals surface area contributed by atoms with Gasteiger partial charge in [0, 0.05) is 24.8 Å². The largest absolute Gasteiger partial charge is 0.490 e. The molecule has 0 aliphatic rings. The summed E-state index contributed by atoms with van der Waals surface area (Å²) in [5, 5.41) is 20.8. The summed E-state index contributed by atoms with van der Waals surface area (Å²) in [5.41, 5.74) is 4.05. The summed E-state index contributed by atoms with van der Waals surface area (Å²) < 4.78 is 65.1. The number of hydrogen-bond acceptors (Lipinski definition) is 7. The zero-order valence-corrected chi connectivity index (χ0v) is 22.6. The van der Waals surface area contributed by atoms with Crippen LogP contribution in [-0.2, 0) is 21.2 Å². The molecule has 0 spiro atoms. The van der Waals surface area contributed by atoms with E-state index in [9.17, 15) is 31.5 Å². The highest BCUT2D eigenvalue weighted by atomic mass is 32.2. The van der Waals surface area contributed by atoms with E-state index in [-0.39, 0.29) is 16.1 Å². The summed E-state index contributed by atoms with van der Waals surface area (Å²) in [5.74, 6) is -3.16. The first-order valence-electron chi connectivity index (χ1n) is 11.3. The van der Waals surface area contributed by atoms with Crippen LogP contribution < -0.4 is 9.62 Å². The molecule has 10 nitrogen and oxygen atoms in total. The number of anilines is 2. The zero-order valence-electron chi connectivity index (χ0n) is 21.8. The lowest BCUT2D eigenvalue weighted by Gasteiger charge is -2.22. The number of aromatic carboxylic acids is 1. The molecule has 0 atom stereocenters. The molecular weight excluding hydrogens is 543 g/mol. The average molecular weight is 572 g/mol. The maximum Gasteiger partial charge on any atom is 0.490 e. The molecule has 0 saturated heterocycles. The number of benzene rings is 2. The number of sulfonamides is 1. The van der Waals surface area contributed by atoms with Crippen LogP contribution in [0.5, 0.6) is 0 Å². The molecule has 0 amide bonds. The smallest absolute Gasteiger partial charge is 0.478 e. The molecule has 0 fully saturated rings. The first kappa shape index (κ1) is 31.1. The molecular formula is C25H28F3N3O7S. The molecule has 3 aromatic rings. The van der Waals surface area contributed by atoms with Gasteiger partial charge in [-0.25, -0.2) is 18.0 Å². The van der Waals surface area contributed by atoms with Crippen LogP contribution in [0.3, 0.4) is 0 Å². The van der Waals surface area contributed by atoms with Gasteiger partial charge in [-0.1, -0.05) is 22.9 Å². The zero-order chi connectivity index (χ0) is 29.7. The van der Waals surface area contributed by atoms with E-state index in [1.54, 1.807) is 44.3 Å². The van der Waals surface area contributed by atoms with Crippen LogP contribution in [0.15, 0.2) is 45.8 Å². The summed E-state index contributed by atoms with van der Waals surface area (Å²) >= 11 is 0. The van der Waals surface area contributed by atoms with Crippen LogP contribution in [0.2, 0.25) is 0 Å². The molecule has 3 rings (SSSR count). The van der Waals surface area contributed by atoms with Gasteiger partial charge in [-0.15, -0.1) is 0 Å². The number of aliphatic carboxylic acids is 1. The van der Waals surface area contributed by atoms with Crippen LogP contribution >= 0.6 is 0 Å². The Labute approximate surface area is 223 Å². The fraction of sp³-hybridized carbons (Fsp3) is 0.320. The fourth-order valence-electron chi connectivity index (χ4n) is 3.67. The van der Waals surface area contributed by atoms with Crippen molar-refractivity contribution >= 4 is 33.3 Å². The number of carboxylic acids is 2. The lowest BCUT2D eigenvalue weighted by atomic mass is 10.1. The van der Waals surface area contributed by atoms with Gasteiger partial charge in [0.25, 0.3) is 10.0 Å². The molecule has 0 radical (unpaired) electrons. The molecule has 39 heavy (non-hydrogen) atoms. The summed E-state index contributed by atoms with van der Waals surface area (Å²) in [4.78, 5) is 22.8. The predicted molar refractivity (Wildman–Crippen MR) is 137 cm³/mol. The molecule has 14 heteroatoms. The minimum atomic E-state index is -5.08. The molecule has 0 unspecified atom stereocenters. The molecule has 0 aliphatic carbocycles. The molecule has 1 heterocycles. The fourth-order valence-corrected chi connectivity index (χ4v) is 4.95. The molecule has 0 saturated carbocycles. The van der Waals surface area contributed by atoms with E-state index in [0.717, 1.165) is 22.6 Å². The standard InChI is InChI=1S/C23H27N3O5S.C2HF3O2/c1-14-6-9-22(15(2)12-14)32(29,30)25-18-7-8-21(20(13-18)23(27)28)26(5)11-10-19-16(3)24-31-17(19)4;3-2(4,5)1(6)7/h6-9,12-13,25H,10-11H2,1-5H3,(H,27,28);(H,6,7). The van der Waals surface area contributed by atoms with Crippen molar-refractivity contribution in [3.8, 4) is 0 Å². The molecule has 212 valence electrons. The molecule has 0 bridgehead atoms. The number of aryl methyl sites for hydroxylation is 4. The van der Waals surface area contributed by atoms with E-state index in [1.165, 1.54) is 6.07 Å². The van der Waals surface area contributed by atoms with Crippen molar-refractivity contribution in [2.75, 3.05) is 23.2 Å². The van der Waals surface area contributed by atoms with E-state index in [2.05, 4.69) is 9.88 Å². The van der Waals surface area contributed by atoms with Crippen LogP contribution in [0.1, 0.15) is 38.5 Å². The number of nitrogens with one attached hydrogen (secondary N) is 1. The Balaban J connectivity index is 0.000000673. The number of likely N-dealkylation sites (N-methyl/N-ethyl adjacent to an activating group) is 1. The van der Waals surface area contributed by atoms with Crippen molar-refractivity contribution in [2.45, 2.75) is 45.2 Å². The first-order chi connectivity index (χ1) is 17.9. The number of carboxylic acid groups (broad SMARTS) is 2. The Morgan fingerprint density at radius 2 is 1.67 bits per heavy atom. The number of halogens is 3. The first-order valence-corrected chi connectivity index (χ1v) is 12.8. The summed E-state index contributed by atoms with van der Waals surface area (Å²) in [7, 11) is -2.07. The number of aromatic nitrogens is 1. The van der Waals surface area contributed by atoms with Crippen molar-refractivity contribution in [1.82, 2.24) is 5.16 Å². The highest BCUT2D eigenvalue weighted by molar-refractivity contribution is 7.92. The van der Waals surface area contributed by atoms with E-state index in [1.807, 2.05) is 25.7 Å². The maximum atomic E-state index is 12.8. The van der Waals surface area contributed by atoms with E-state index >= 15 is 0 Å². The highest BCUT2D eigenvalue weighted by Crippen LogP contribution is 2.27. The summed E-state index contributed by atoms with van der Waals surface area (Å²) in [6, 6.07) is 9.56. The van der Waals surface area contributed by atoms with Crippen molar-refractivity contribution in [1.29, 1.82) is 0 Å². The van der Waals surface area contributed by atoms with Gasteiger partial charge >= 0.3 is 18.1 Å². The lowest BCUT2D eigenvalue weighted by molar-refractivity contribution is -0.192. The van der Waals surface area contributed by atoms with Gasteiger partial charge in [0.05, 0.1) is 21.8 Å². The number of rotatable bonds is 8. The van der Waals surface area contributed by atoms with Gasteiger partial charge in [-0.2, -0.15) is 13.2 Å². The second-order valence-corrected chi connectivity index (χ2v) is 10.3. The monoisotopic (exact) mass is 571 g/mol. The van der Waals surface area contributed by atoms with Crippen LogP contribution in [0, 0.1) is 27.7 Å². The summed E-state index contributed by atoms with van der Waals surface area (Å²) in [6.45, 7) is 7.86.